The van der Waals surface area contributed by atoms with Crippen molar-refractivity contribution in [3.05, 3.63) is 11.7 Å². The molecule has 5 nitrogen and oxygen atoms in total. The third-order valence-electron chi connectivity index (χ3n) is 4.47. The molecule has 1 aliphatic rings. The zero-order valence-corrected chi connectivity index (χ0v) is 12.6. The number of aryl methyl sites for hydroxylation is 1. The highest BCUT2D eigenvalue weighted by Crippen LogP contribution is 2.24. The Kier molecular flexibility index (Phi) is 4.58. The van der Waals surface area contributed by atoms with Crippen molar-refractivity contribution >= 4 is 0 Å². The maximum Gasteiger partial charge on any atom is 0.223 e. The minimum atomic E-state index is 0.241. The lowest BCUT2D eigenvalue weighted by molar-refractivity contribution is 0.0616. The van der Waals surface area contributed by atoms with Crippen LogP contribution in [0.25, 0.3) is 0 Å². The Labute approximate surface area is 115 Å². The van der Waals surface area contributed by atoms with E-state index in [1.54, 1.807) is 0 Å². The molecular formula is C14H26N4O. The first-order valence-corrected chi connectivity index (χ1v) is 7.40. The van der Waals surface area contributed by atoms with Crippen LogP contribution < -0.4 is 5.32 Å². The monoisotopic (exact) mass is 266 g/mol. The summed E-state index contributed by atoms with van der Waals surface area (Å²) < 4.78 is 5.08. The molecule has 19 heavy (non-hydrogen) atoms. The number of aromatic nitrogens is 2. The van der Waals surface area contributed by atoms with Gasteiger partial charge in [0.2, 0.25) is 5.89 Å². The summed E-state index contributed by atoms with van der Waals surface area (Å²) in [6.07, 6.45) is 3.46. The van der Waals surface area contributed by atoms with Gasteiger partial charge in [0.15, 0.2) is 5.82 Å². The van der Waals surface area contributed by atoms with Gasteiger partial charge in [-0.2, -0.15) is 4.98 Å². The summed E-state index contributed by atoms with van der Waals surface area (Å²) >= 11 is 0. The molecular weight excluding hydrogens is 240 g/mol. The van der Waals surface area contributed by atoms with Crippen LogP contribution in [0.2, 0.25) is 0 Å². The zero-order valence-electron chi connectivity index (χ0n) is 12.6. The van der Waals surface area contributed by atoms with Gasteiger partial charge in [-0.05, 0) is 19.3 Å². The second-order valence-corrected chi connectivity index (χ2v) is 5.57. The van der Waals surface area contributed by atoms with Gasteiger partial charge in [-0.15, -0.1) is 0 Å². The summed E-state index contributed by atoms with van der Waals surface area (Å²) in [6.45, 7) is 11.5. The van der Waals surface area contributed by atoms with Gasteiger partial charge in [-0.1, -0.05) is 25.9 Å². The summed E-state index contributed by atoms with van der Waals surface area (Å²) in [5, 5.41) is 7.78. The van der Waals surface area contributed by atoms with E-state index in [0.717, 1.165) is 44.7 Å². The van der Waals surface area contributed by atoms with E-state index in [1.807, 2.05) is 6.92 Å². The predicted octanol–water partition coefficient (Wildman–Crippen LogP) is 2.12. The Balaban J connectivity index is 2.09. The van der Waals surface area contributed by atoms with Crippen LogP contribution in [0, 0.1) is 6.92 Å². The van der Waals surface area contributed by atoms with Gasteiger partial charge in [0, 0.05) is 31.6 Å². The molecule has 1 atom stereocenters. The van der Waals surface area contributed by atoms with Gasteiger partial charge in [-0.3, -0.25) is 4.90 Å². The van der Waals surface area contributed by atoms with E-state index in [4.69, 9.17) is 4.52 Å². The Bertz CT molecular complexity index is 400. The summed E-state index contributed by atoms with van der Waals surface area (Å²) in [6, 6.07) is 0.560. The van der Waals surface area contributed by atoms with Crippen molar-refractivity contribution in [2.45, 2.75) is 65.1 Å². The molecule has 1 saturated heterocycles. The van der Waals surface area contributed by atoms with E-state index >= 15 is 0 Å². The highest BCUT2D eigenvalue weighted by atomic mass is 16.5. The molecule has 1 aliphatic heterocycles. The number of hydrogen-bond donors (Lipinski definition) is 1. The molecule has 1 aromatic heterocycles. The van der Waals surface area contributed by atoms with Crippen LogP contribution in [0.4, 0.5) is 0 Å². The second-order valence-electron chi connectivity index (χ2n) is 5.57. The molecule has 1 unspecified atom stereocenters. The van der Waals surface area contributed by atoms with Crippen LogP contribution >= 0.6 is 0 Å². The minimum Gasteiger partial charge on any atom is -0.340 e. The van der Waals surface area contributed by atoms with Crippen molar-refractivity contribution in [1.29, 1.82) is 0 Å². The van der Waals surface area contributed by atoms with Gasteiger partial charge >= 0.3 is 0 Å². The minimum absolute atomic E-state index is 0.241. The number of nitrogens with one attached hydrogen (secondary N) is 1. The number of piperazine rings is 1. The third kappa shape index (κ3) is 3.15. The molecule has 2 rings (SSSR count). The molecule has 0 radical (unpaired) electrons. The first kappa shape index (κ1) is 14.5. The highest BCUT2D eigenvalue weighted by Gasteiger charge is 2.36. The van der Waals surface area contributed by atoms with E-state index in [-0.39, 0.29) is 5.54 Å². The number of hydrogen-bond acceptors (Lipinski definition) is 5. The van der Waals surface area contributed by atoms with Gasteiger partial charge in [0.1, 0.15) is 0 Å². The first-order valence-electron chi connectivity index (χ1n) is 7.40. The normalized spacial score (nSPS) is 23.7. The third-order valence-corrected chi connectivity index (χ3v) is 4.47. The Morgan fingerprint density at radius 3 is 2.63 bits per heavy atom. The van der Waals surface area contributed by atoms with E-state index in [9.17, 15) is 0 Å². The molecule has 5 heteroatoms. The van der Waals surface area contributed by atoms with Crippen LogP contribution in [-0.2, 0) is 6.54 Å². The average Bonchev–Trinajstić information content (AvgIpc) is 2.84. The number of nitrogens with zero attached hydrogens (tertiary/aromatic N) is 3. The van der Waals surface area contributed by atoms with Crippen molar-refractivity contribution in [3.63, 3.8) is 0 Å². The van der Waals surface area contributed by atoms with Crippen molar-refractivity contribution in [2.75, 3.05) is 13.1 Å². The molecule has 0 aromatic carbocycles. The summed E-state index contributed by atoms with van der Waals surface area (Å²) in [5.41, 5.74) is 0.241. The van der Waals surface area contributed by atoms with Crippen molar-refractivity contribution in [1.82, 2.24) is 20.4 Å². The molecule has 1 aromatic rings. The highest BCUT2D eigenvalue weighted by molar-refractivity contribution is 4.98. The van der Waals surface area contributed by atoms with Gasteiger partial charge in [0.05, 0.1) is 6.54 Å². The van der Waals surface area contributed by atoms with Gasteiger partial charge < -0.3 is 9.84 Å². The molecule has 0 aliphatic carbocycles. The SMILES string of the molecule is CCC1CNC(CC)(CC)CN1Cc1noc(C)n1. The smallest absolute Gasteiger partial charge is 0.223 e. The van der Waals surface area contributed by atoms with Gasteiger partial charge in [-0.25, -0.2) is 0 Å². The Morgan fingerprint density at radius 2 is 2.11 bits per heavy atom. The predicted molar refractivity (Wildman–Crippen MR) is 74.8 cm³/mol. The maximum absolute atomic E-state index is 5.08. The fraction of sp³-hybridized carbons (Fsp3) is 0.857. The standard InChI is InChI=1S/C14H26N4O/c1-5-12-8-15-14(6-2,7-3)10-18(12)9-13-16-11(4)19-17-13/h12,15H,5-10H2,1-4H3. The van der Waals surface area contributed by atoms with Gasteiger partial charge in [0.25, 0.3) is 0 Å². The lowest BCUT2D eigenvalue weighted by Crippen LogP contribution is -2.63. The lowest BCUT2D eigenvalue weighted by atomic mass is 9.88. The average molecular weight is 266 g/mol. The first-order chi connectivity index (χ1) is 9.12. The molecule has 1 fully saturated rings. The van der Waals surface area contributed by atoms with Crippen LogP contribution in [0.5, 0.6) is 0 Å². The lowest BCUT2D eigenvalue weighted by Gasteiger charge is -2.47. The van der Waals surface area contributed by atoms with E-state index in [0.29, 0.717) is 11.9 Å². The number of rotatable bonds is 5. The summed E-state index contributed by atoms with van der Waals surface area (Å²) in [4.78, 5) is 6.84. The van der Waals surface area contributed by atoms with E-state index in [1.165, 1.54) is 0 Å². The summed E-state index contributed by atoms with van der Waals surface area (Å²) in [5.74, 6) is 1.45. The zero-order chi connectivity index (χ0) is 13.9. The van der Waals surface area contributed by atoms with Crippen LogP contribution in [0.1, 0.15) is 51.7 Å². The van der Waals surface area contributed by atoms with E-state index < -0.39 is 0 Å². The van der Waals surface area contributed by atoms with Crippen LogP contribution in [0.15, 0.2) is 4.52 Å². The maximum atomic E-state index is 5.08. The fourth-order valence-corrected chi connectivity index (χ4v) is 2.94. The molecule has 108 valence electrons. The largest absolute Gasteiger partial charge is 0.340 e. The molecule has 1 N–H and O–H groups in total. The fourth-order valence-electron chi connectivity index (χ4n) is 2.94. The molecule has 0 spiro atoms. The molecule has 0 saturated carbocycles. The Hall–Kier alpha value is -0.940. The van der Waals surface area contributed by atoms with E-state index in [2.05, 4.69) is 41.1 Å². The van der Waals surface area contributed by atoms with Crippen LogP contribution in [0.3, 0.4) is 0 Å². The van der Waals surface area contributed by atoms with Crippen molar-refractivity contribution in [3.8, 4) is 0 Å². The molecule has 2 heterocycles. The van der Waals surface area contributed by atoms with Crippen LogP contribution in [-0.4, -0.2) is 39.7 Å². The van der Waals surface area contributed by atoms with Crippen molar-refractivity contribution in [2.24, 2.45) is 0 Å². The summed E-state index contributed by atoms with van der Waals surface area (Å²) in [7, 11) is 0. The van der Waals surface area contributed by atoms with Crippen molar-refractivity contribution < 1.29 is 4.52 Å². The quantitative estimate of drug-likeness (QED) is 0.884. The second kappa shape index (κ2) is 6.01. The molecule has 0 bridgehead atoms. The topological polar surface area (TPSA) is 54.2 Å². The molecule has 0 amide bonds. The Morgan fingerprint density at radius 1 is 1.37 bits per heavy atom.